The van der Waals surface area contributed by atoms with Gasteiger partial charge in [0.2, 0.25) is 0 Å². The second-order valence-electron chi connectivity index (χ2n) is 4.09. The van der Waals surface area contributed by atoms with Gasteiger partial charge in [-0.1, -0.05) is 32.9 Å². The maximum atomic E-state index is 5.80. The molecule has 2 heteroatoms. The molecule has 1 atom stereocenters. The first kappa shape index (κ1) is 12.6. The summed E-state index contributed by atoms with van der Waals surface area (Å²) in [5, 5.41) is 0. The summed E-state index contributed by atoms with van der Waals surface area (Å²) < 4.78 is 0. The molecule has 0 aliphatic rings. The van der Waals surface area contributed by atoms with Crippen molar-refractivity contribution in [3.05, 3.63) is 29.8 Å². The van der Waals surface area contributed by atoms with Gasteiger partial charge in [-0.3, -0.25) is 0 Å². The van der Waals surface area contributed by atoms with Gasteiger partial charge in [-0.15, -0.1) is 11.8 Å². The van der Waals surface area contributed by atoms with Gasteiger partial charge in [-0.25, -0.2) is 0 Å². The number of nitrogens with two attached hydrogens (primary N) is 1. The Labute approximate surface area is 97.4 Å². The molecule has 0 bridgehead atoms. The van der Waals surface area contributed by atoms with Gasteiger partial charge in [0, 0.05) is 4.90 Å². The van der Waals surface area contributed by atoms with Crippen LogP contribution in [0.4, 0.5) is 0 Å². The van der Waals surface area contributed by atoms with Gasteiger partial charge in [-0.2, -0.15) is 0 Å². The van der Waals surface area contributed by atoms with Crippen LogP contribution in [-0.4, -0.2) is 12.3 Å². The zero-order valence-electron chi connectivity index (χ0n) is 9.86. The maximum absolute atomic E-state index is 5.80. The van der Waals surface area contributed by atoms with Crippen LogP contribution in [0.25, 0.3) is 0 Å². The Kier molecular flexibility index (Phi) is 5.20. The number of rotatable bonds is 5. The first-order valence-corrected chi connectivity index (χ1v) is 6.60. The van der Waals surface area contributed by atoms with E-state index < -0.39 is 0 Å². The molecule has 0 aromatic heterocycles. The Morgan fingerprint density at radius 1 is 1.20 bits per heavy atom. The van der Waals surface area contributed by atoms with Crippen molar-refractivity contribution in [1.82, 2.24) is 0 Å². The largest absolute Gasteiger partial charge is 0.330 e. The molecule has 0 saturated carbocycles. The van der Waals surface area contributed by atoms with Gasteiger partial charge in [0.25, 0.3) is 0 Å². The average molecular weight is 223 g/mol. The fourth-order valence-corrected chi connectivity index (χ4v) is 2.43. The summed E-state index contributed by atoms with van der Waals surface area (Å²) in [6.45, 7) is 7.37. The third-order valence-electron chi connectivity index (χ3n) is 2.68. The molecule has 0 aliphatic heterocycles. The van der Waals surface area contributed by atoms with Crippen LogP contribution in [0.15, 0.2) is 29.2 Å². The Balaban J connectivity index is 2.77. The van der Waals surface area contributed by atoms with Crippen LogP contribution in [0.1, 0.15) is 32.3 Å². The van der Waals surface area contributed by atoms with E-state index in [1.54, 1.807) is 0 Å². The predicted molar refractivity (Wildman–Crippen MR) is 69.5 cm³/mol. The predicted octanol–water partition coefficient (Wildman–Crippen LogP) is 3.50. The molecule has 84 valence electrons. The molecule has 1 unspecified atom stereocenters. The van der Waals surface area contributed by atoms with Crippen LogP contribution in [0.5, 0.6) is 0 Å². The molecule has 1 rings (SSSR count). The molecule has 0 heterocycles. The molecular formula is C13H21NS. The molecule has 0 fully saturated rings. The molecule has 2 N–H and O–H groups in total. The fraction of sp³-hybridized carbons (Fsp3) is 0.538. The molecule has 0 spiro atoms. The monoisotopic (exact) mass is 223 g/mol. The molecule has 1 nitrogen and oxygen atoms in total. The molecule has 0 aliphatic carbocycles. The minimum absolute atomic E-state index is 0.491. The fourth-order valence-electron chi connectivity index (χ4n) is 1.77. The summed E-state index contributed by atoms with van der Waals surface area (Å²) in [6.07, 6.45) is 0. The molecule has 15 heavy (non-hydrogen) atoms. The van der Waals surface area contributed by atoms with Crippen molar-refractivity contribution in [2.75, 3.05) is 12.3 Å². The summed E-state index contributed by atoms with van der Waals surface area (Å²) in [5.74, 6) is 2.23. The van der Waals surface area contributed by atoms with Crippen molar-refractivity contribution in [2.24, 2.45) is 11.7 Å². The first-order chi connectivity index (χ1) is 7.19. The highest BCUT2D eigenvalue weighted by Gasteiger charge is 2.13. The lowest BCUT2D eigenvalue weighted by molar-refractivity contribution is 0.506. The van der Waals surface area contributed by atoms with E-state index in [9.17, 15) is 0 Å². The van der Waals surface area contributed by atoms with Gasteiger partial charge in [0.05, 0.1) is 0 Å². The molecule has 1 aromatic carbocycles. The topological polar surface area (TPSA) is 26.0 Å². The molecular weight excluding hydrogens is 202 g/mol. The van der Waals surface area contributed by atoms with E-state index in [0.29, 0.717) is 11.8 Å². The lowest BCUT2D eigenvalue weighted by Crippen LogP contribution is -2.17. The molecule has 0 saturated heterocycles. The Morgan fingerprint density at radius 3 is 2.20 bits per heavy atom. The van der Waals surface area contributed by atoms with Gasteiger partial charge >= 0.3 is 0 Å². The van der Waals surface area contributed by atoms with Crippen molar-refractivity contribution < 1.29 is 0 Å². The Hall–Kier alpha value is -0.470. The summed E-state index contributed by atoms with van der Waals surface area (Å²) in [7, 11) is 0. The van der Waals surface area contributed by atoms with E-state index >= 15 is 0 Å². The summed E-state index contributed by atoms with van der Waals surface area (Å²) in [5.41, 5.74) is 7.17. The van der Waals surface area contributed by atoms with E-state index in [2.05, 4.69) is 45.0 Å². The van der Waals surface area contributed by atoms with Crippen LogP contribution in [0.3, 0.4) is 0 Å². The zero-order chi connectivity index (χ0) is 11.3. The minimum atomic E-state index is 0.491. The highest BCUT2D eigenvalue weighted by atomic mass is 32.2. The Morgan fingerprint density at radius 2 is 1.80 bits per heavy atom. The number of hydrogen-bond donors (Lipinski definition) is 1. The molecule has 0 radical (unpaired) electrons. The summed E-state index contributed by atoms with van der Waals surface area (Å²) >= 11 is 1.88. The van der Waals surface area contributed by atoms with Crippen molar-refractivity contribution >= 4 is 11.8 Å². The third-order valence-corrected chi connectivity index (χ3v) is 3.57. The maximum Gasteiger partial charge on any atom is 0.00720 e. The SMILES string of the molecule is CCSc1ccc(C(CN)C(C)C)cc1. The van der Waals surface area contributed by atoms with Gasteiger partial charge in [0.1, 0.15) is 0 Å². The zero-order valence-corrected chi connectivity index (χ0v) is 10.7. The lowest BCUT2D eigenvalue weighted by Gasteiger charge is -2.19. The van der Waals surface area contributed by atoms with Crippen molar-refractivity contribution in [2.45, 2.75) is 31.6 Å². The second kappa shape index (κ2) is 6.19. The minimum Gasteiger partial charge on any atom is -0.330 e. The Bertz CT molecular complexity index is 279. The third kappa shape index (κ3) is 3.54. The molecule has 1 aromatic rings. The molecule has 0 amide bonds. The van der Waals surface area contributed by atoms with Crippen LogP contribution < -0.4 is 5.73 Å². The first-order valence-electron chi connectivity index (χ1n) is 5.61. The van der Waals surface area contributed by atoms with Gasteiger partial charge in [-0.05, 0) is 41.8 Å². The lowest BCUT2D eigenvalue weighted by atomic mass is 9.89. The van der Waals surface area contributed by atoms with Gasteiger partial charge < -0.3 is 5.73 Å². The highest BCUT2D eigenvalue weighted by molar-refractivity contribution is 7.99. The van der Waals surface area contributed by atoms with E-state index in [0.717, 1.165) is 12.3 Å². The van der Waals surface area contributed by atoms with Crippen molar-refractivity contribution in [3.63, 3.8) is 0 Å². The number of benzene rings is 1. The van der Waals surface area contributed by atoms with E-state index in [4.69, 9.17) is 5.73 Å². The number of thioether (sulfide) groups is 1. The van der Waals surface area contributed by atoms with E-state index in [-0.39, 0.29) is 0 Å². The second-order valence-corrected chi connectivity index (χ2v) is 5.43. The van der Waals surface area contributed by atoms with Crippen LogP contribution in [-0.2, 0) is 0 Å². The average Bonchev–Trinajstić information content (AvgIpc) is 2.21. The highest BCUT2D eigenvalue weighted by Crippen LogP contribution is 2.25. The van der Waals surface area contributed by atoms with E-state index in [1.165, 1.54) is 10.5 Å². The number of hydrogen-bond acceptors (Lipinski definition) is 2. The van der Waals surface area contributed by atoms with Gasteiger partial charge in [0.15, 0.2) is 0 Å². The van der Waals surface area contributed by atoms with E-state index in [1.807, 2.05) is 11.8 Å². The quantitative estimate of drug-likeness (QED) is 0.773. The van der Waals surface area contributed by atoms with Crippen LogP contribution >= 0.6 is 11.8 Å². The van der Waals surface area contributed by atoms with Crippen molar-refractivity contribution in [1.29, 1.82) is 0 Å². The van der Waals surface area contributed by atoms with Crippen LogP contribution in [0, 0.1) is 5.92 Å². The normalized spacial score (nSPS) is 13.1. The standard InChI is InChI=1S/C13H21NS/c1-4-15-12-7-5-11(6-8-12)13(9-14)10(2)3/h5-8,10,13H,4,9,14H2,1-3H3. The summed E-state index contributed by atoms with van der Waals surface area (Å²) in [4.78, 5) is 1.35. The summed E-state index contributed by atoms with van der Waals surface area (Å²) in [6, 6.07) is 8.84. The van der Waals surface area contributed by atoms with Crippen LogP contribution in [0.2, 0.25) is 0 Å². The smallest absolute Gasteiger partial charge is 0.00720 e. The van der Waals surface area contributed by atoms with Crippen molar-refractivity contribution in [3.8, 4) is 0 Å².